The molecule has 0 atom stereocenters. The Morgan fingerprint density at radius 2 is 2.38 bits per heavy atom. The molecule has 0 saturated carbocycles. The number of rotatable bonds is 2. The van der Waals surface area contributed by atoms with E-state index in [0.29, 0.717) is 6.54 Å². The number of hydrogen-bond donors (Lipinski definition) is 2. The van der Waals surface area contributed by atoms with Crippen LogP contribution in [-0.2, 0) is 13.0 Å². The summed E-state index contributed by atoms with van der Waals surface area (Å²) in [4.78, 5) is 4.31. The normalized spacial score (nSPS) is 10.9. The van der Waals surface area contributed by atoms with E-state index in [1.54, 1.807) is 0 Å². The Morgan fingerprint density at radius 3 is 3.08 bits per heavy atom. The van der Waals surface area contributed by atoms with Gasteiger partial charge in [-0.15, -0.1) is 0 Å². The lowest BCUT2D eigenvalue weighted by Crippen LogP contribution is -1.97. The summed E-state index contributed by atoms with van der Waals surface area (Å²) in [6, 6.07) is 2.04. The topological polar surface area (TPSA) is 67.6 Å². The van der Waals surface area contributed by atoms with E-state index in [1.165, 1.54) is 5.56 Å². The molecule has 13 heavy (non-hydrogen) atoms. The van der Waals surface area contributed by atoms with Crippen LogP contribution in [0.5, 0.6) is 0 Å². The van der Waals surface area contributed by atoms with Crippen LogP contribution in [0.15, 0.2) is 12.3 Å². The second-order valence-electron chi connectivity index (χ2n) is 2.97. The summed E-state index contributed by atoms with van der Waals surface area (Å²) in [5.74, 6) is 0. The van der Waals surface area contributed by atoms with Crippen LogP contribution in [0, 0.1) is 0 Å². The van der Waals surface area contributed by atoms with Crippen molar-refractivity contribution in [3.63, 3.8) is 0 Å². The summed E-state index contributed by atoms with van der Waals surface area (Å²) >= 11 is 0. The van der Waals surface area contributed by atoms with Gasteiger partial charge in [-0.3, -0.25) is 10.1 Å². The number of aryl methyl sites for hydroxylation is 1. The SMILES string of the molecule is CCc1cnc2c(CN)[nH]nc2c1. The van der Waals surface area contributed by atoms with Gasteiger partial charge in [-0.25, -0.2) is 0 Å². The van der Waals surface area contributed by atoms with Crippen molar-refractivity contribution in [3.05, 3.63) is 23.5 Å². The number of hydrogen-bond acceptors (Lipinski definition) is 3. The first-order valence-electron chi connectivity index (χ1n) is 4.37. The zero-order valence-corrected chi connectivity index (χ0v) is 7.54. The highest BCUT2D eigenvalue weighted by Crippen LogP contribution is 2.13. The molecule has 4 nitrogen and oxygen atoms in total. The predicted octanol–water partition coefficient (Wildman–Crippen LogP) is 0.979. The molecule has 3 N–H and O–H groups in total. The van der Waals surface area contributed by atoms with Crippen LogP contribution in [0.25, 0.3) is 11.0 Å². The van der Waals surface area contributed by atoms with Gasteiger partial charge in [-0.1, -0.05) is 6.92 Å². The van der Waals surface area contributed by atoms with Crippen LogP contribution >= 0.6 is 0 Å². The Labute approximate surface area is 76.2 Å². The quantitative estimate of drug-likeness (QED) is 0.716. The Kier molecular flexibility index (Phi) is 1.98. The first-order valence-corrected chi connectivity index (χ1v) is 4.37. The minimum atomic E-state index is 0.453. The van der Waals surface area contributed by atoms with Gasteiger partial charge in [-0.2, -0.15) is 5.10 Å². The number of aromatic nitrogens is 3. The van der Waals surface area contributed by atoms with Crippen LogP contribution in [0.2, 0.25) is 0 Å². The van der Waals surface area contributed by atoms with Crippen molar-refractivity contribution >= 4 is 11.0 Å². The lowest BCUT2D eigenvalue weighted by molar-refractivity contribution is 0.956. The molecule has 0 fully saturated rings. The van der Waals surface area contributed by atoms with Crippen LogP contribution in [-0.4, -0.2) is 15.2 Å². The molecule has 0 radical (unpaired) electrons. The third-order valence-electron chi connectivity index (χ3n) is 2.13. The summed E-state index contributed by atoms with van der Waals surface area (Å²) in [5.41, 5.74) is 9.41. The zero-order valence-electron chi connectivity index (χ0n) is 7.54. The van der Waals surface area contributed by atoms with E-state index in [-0.39, 0.29) is 0 Å². The molecule has 0 aromatic carbocycles. The number of H-pyrrole nitrogens is 1. The summed E-state index contributed by atoms with van der Waals surface area (Å²) in [6.07, 6.45) is 2.85. The van der Waals surface area contributed by atoms with Crippen LogP contribution in [0.3, 0.4) is 0 Å². The molecule has 2 aromatic rings. The number of nitrogens with one attached hydrogen (secondary N) is 1. The number of pyridine rings is 1. The molecule has 0 aliphatic carbocycles. The summed E-state index contributed by atoms with van der Waals surface area (Å²) < 4.78 is 0. The fourth-order valence-corrected chi connectivity index (χ4v) is 1.33. The Bertz CT molecular complexity index is 418. The molecule has 0 aliphatic rings. The van der Waals surface area contributed by atoms with E-state index in [0.717, 1.165) is 23.1 Å². The fraction of sp³-hybridized carbons (Fsp3) is 0.333. The fourth-order valence-electron chi connectivity index (χ4n) is 1.33. The maximum atomic E-state index is 5.52. The van der Waals surface area contributed by atoms with Crippen molar-refractivity contribution in [3.8, 4) is 0 Å². The van der Waals surface area contributed by atoms with E-state index in [9.17, 15) is 0 Å². The molecule has 68 valence electrons. The number of nitrogens with two attached hydrogens (primary N) is 1. The summed E-state index contributed by atoms with van der Waals surface area (Å²) in [6.45, 7) is 2.55. The van der Waals surface area contributed by atoms with Crippen LogP contribution in [0.4, 0.5) is 0 Å². The van der Waals surface area contributed by atoms with Crippen molar-refractivity contribution in [1.29, 1.82) is 0 Å². The highest BCUT2D eigenvalue weighted by Gasteiger charge is 2.04. The van der Waals surface area contributed by atoms with Gasteiger partial charge in [0.05, 0.1) is 5.69 Å². The molecular weight excluding hydrogens is 164 g/mol. The maximum absolute atomic E-state index is 5.52. The number of nitrogens with zero attached hydrogens (tertiary/aromatic N) is 2. The lowest BCUT2D eigenvalue weighted by Gasteiger charge is -1.95. The molecule has 0 saturated heterocycles. The highest BCUT2D eigenvalue weighted by molar-refractivity contribution is 5.77. The van der Waals surface area contributed by atoms with Gasteiger partial charge in [-0.05, 0) is 18.1 Å². The van der Waals surface area contributed by atoms with Crippen molar-refractivity contribution in [2.75, 3.05) is 0 Å². The average molecular weight is 176 g/mol. The molecule has 2 heterocycles. The van der Waals surface area contributed by atoms with E-state index >= 15 is 0 Å². The highest BCUT2D eigenvalue weighted by atomic mass is 15.1. The summed E-state index contributed by atoms with van der Waals surface area (Å²) in [7, 11) is 0. The monoisotopic (exact) mass is 176 g/mol. The van der Waals surface area contributed by atoms with Gasteiger partial charge in [0.25, 0.3) is 0 Å². The predicted molar refractivity (Wildman–Crippen MR) is 51.2 cm³/mol. The molecule has 0 bridgehead atoms. The minimum Gasteiger partial charge on any atom is -0.325 e. The number of aromatic amines is 1. The van der Waals surface area contributed by atoms with E-state index in [2.05, 4.69) is 22.1 Å². The largest absolute Gasteiger partial charge is 0.325 e. The van der Waals surface area contributed by atoms with Crippen LogP contribution in [0.1, 0.15) is 18.2 Å². The second-order valence-corrected chi connectivity index (χ2v) is 2.97. The van der Waals surface area contributed by atoms with E-state index < -0.39 is 0 Å². The summed E-state index contributed by atoms with van der Waals surface area (Å²) in [5, 5.41) is 7.01. The number of fused-ring (bicyclic) bond motifs is 1. The molecule has 0 unspecified atom stereocenters. The standard InChI is InChI=1S/C9H12N4/c1-2-6-3-7-9(11-5-6)8(4-10)13-12-7/h3,5H,2,4,10H2,1H3,(H,12,13). The average Bonchev–Trinajstić information content (AvgIpc) is 2.59. The Hall–Kier alpha value is -1.42. The van der Waals surface area contributed by atoms with Crippen LogP contribution < -0.4 is 5.73 Å². The van der Waals surface area contributed by atoms with E-state index in [1.807, 2.05) is 12.3 Å². The van der Waals surface area contributed by atoms with Crippen molar-refractivity contribution in [1.82, 2.24) is 15.2 Å². The van der Waals surface area contributed by atoms with Gasteiger partial charge >= 0.3 is 0 Å². The lowest BCUT2D eigenvalue weighted by atomic mass is 10.2. The third-order valence-corrected chi connectivity index (χ3v) is 2.13. The third kappa shape index (κ3) is 1.29. The van der Waals surface area contributed by atoms with Gasteiger partial charge in [0, 0.05) is 12.7 Å². The van der Waals surface area contributed by atoms with Gasteiger partial charge in [0.1, 0.15) is 11.0 Å². The van der Waals surface area contributed by atoms with Crippen molar-refractivity contribution in [2.24, 2.45) is 5.73 Å². The zero-order chi connectivity index (χ0) is 9.26. The maximum Gasteiger partial charge on any atom is 0.113 e. The first-order chi connectivity index (χ1) is 6.35. The molecule has 0 aliphatic heterocycles. The minimum absolute atomic E-state index is 0.453. The van der Waals surface area contributed by atoms with Crippen molar-refractivity contribution < 1.29 is 0 Å². The Morgan fingerprint density at radius 1 is 1.54 bits per heavy atom. The molecule has 0 amide bonds. The van der Waals surface area contributed by atoms with Crippen molar-refractivity contribution in [2.45, 2.75) is 19.9 Å². The second kappa shape index (κ2) is 3.14. The first kappa shape index (κ1) is 8.19. The molecule has 2 rings (SSSR count). The smallest absolute Gasteiger partial charge is 0.113 e. The van der Waals surface area contributed by atoms with Gasteiger partial charge < -0.3 is 5.73 Å². The van der Waals surface area contributed by atoms with Gasteiger partial charge in [0.2, 0.25) is 0 Å². The molecule has 2 aromatic heterocycles. The molecular formula is C9H12N4. The molecule has 0 spiro atoms. The molecule has 4 heteroatoms. The Balaban J connectivity index is 2.61. The van der Waals surface area contributed by atoms with Gasteiger partial charge in [0.15, 0.2) is 0 Å². The van der Waals surface area contributed by atoms with E-state index in [4.69, 9.17) is 5.73 Å².